The van der Waals surface area contributed by atoms with E-state index in [1.165, 1.54) is 0 Å². The van der Waals surface area contributed by atoms with E-state index in [0.717, 1.165) is 19.3 Å². The molecule has 0 spiro atoms. The number of hydrogen-bond donors (Lipinski definition) is 1. The highest BCUT2D eigenvalue weighted by Gasteiger charge is 2.20. The fourth-order valence-corrected chi connectivity index (χ4v) is 2.02. The van der Waals surface area contributed by atoms with Gasteiger partial charge in [-0.2, -0.15) is 5.10 Å². The van der Waals surface area contributed by atoms with Crippen LogP contribution in [0.1, 0.15) is 40.0 Å². The number of aromatic nitrogens is 2. The molecule has 98 valence electrons. The molecule has 0 saturated carbocycles. The Balaban J connectivity index is 1.99. The number of rotatable bonds is 2. The third-order valence-corrected chi connectivity index (χ3v) is 3.17. The second-order valence-corrected chi connectivity index (χ2v) is 5.79. The Morgan fingerprint density at radius 3 is 2.78 bits per heavy atom. The number of anilines is 1. The molecule has 18 heavy (non-hydrogen) atoms. The van der Waals surface area contributed by atoms with E-state index in [9.17, 15) is 4.79 Å². The molecule has 0 saturated heterocycles. The van der Waals surface area contributed by atoms with Gasteiger partial charge in [0.15, 0.2) is 5.82 Å². The number of nitrogens with one attached hydrogen (secondary N) is 1. The summed E-state index contributed by atoms with van der Waals surface area (Å²) in [7, 11) is 0. The normalized spacial score (nSPS) is 19.8. The summed E-state index contributed by atoms with van der Waals surface area (Å²) in [6, 6.07) is 1.85. The molecule has 1 aliphatic rings. The van der Waals surface area contributed by atoms with Gasteiger partial charge in [0.1, 0.15) is 0 Å². The van der Waals surface area contributed by atoms with E-state index in [-0.39, 0.29) is 17.4 Å². The van der Waals surface area contributed by atoms with Crippen LogP contribution in [-0.2, 0) is 10.3 Å². The highest BCUT2D eigenvalue weighted by molar-refractivity contribution is 5.91. The standard InChI is InChI=1S/C14H21N3O/c1-14(2,3)17-10-9-12(16-17)15-13(18)11-7-5-4-6-8-11/h4-5,9-11H,6-8H2,1-3H3,(H,15,16,18)/t11-/m0/s1. The number of allylic oxidation sites excluding steroid dienone is 2. The van der Waals surface area contributed by atoms with Crippen molar-refractivity contribution in [3.63, 3.8) is 0 Å². The summed E-state index contributed by atoms with van der Waals surface area (Å²) < 4.78 is 1.86. The van der Waals surface area contributed by atoms with Crippen LogP contribution in [0.3, 0.4) is 0 Å². The minimum atomic E-state index is -0.0590. The Morgan fingerprint density at radius 2 is 2.22 bits per heavy atom. The lowest BCUT2D eigenvalue weighted by atomic mass is 9.94. The number of carbonyl (C=O) groups is 1. The molecule has 1 amide bonds. The van der Waals surface area contributed by atoms with Gasteiger partial charge in [0, 0.05) is 18.2 Å². The Hall–Kier alpha value is -1.58. The molecule has 1 aliphatic carbocycles. The lowest BCUT2D eigenvalue weighted by molar-refractivity contribution is -0.120. The molecule has 2 rings (SSSR count). The van der Waals surface area contributed by atoms with Gasteiger partial charge in [0.05, 0.1) is 5.54 Å². The van der Waals surface area contributed by atoms with E-state index < -0.39 is 0 Å². The van der Waals surface area contributed by atoms with Gasteiger partial charge in [0.2, 0.25) is 5.91 Å². The van der Waals surface area contributed by atoms with Crippen LogP contribution in [0, 0.1) is 5.92 Å². The minimum absolute atomic E-state index is 0.0590. The van der Waals surface area contributed by atoms with Gasteiger partial charge in [-0.25, -0.2) is 0 Å². The van der Waals surface area contributed by atoms with Crippen molar-refractivity contribution in [3.8, 4) is 0 Å². The first-order valence-electron chi connectivity index (χ1n) is 6.49. The van der Waals surface area contributed by atoms with E-state index in [0.29, 0.717) is 5.82 Å². The first-order valence-corrected chi connectivity index (χ1v) is 6.49. The molecule has 1 N–H and O–H groups in total. The summed E-state index contributed by atoms with van der Waals surface area (Å²) in [5, 5.41) is 7.28. The molecule has 1 aromatic heterocycles. The Bertz CT molecular complexity index is 454. The second kappa shape index (κ2) is 4.96. The van der Waals surface area contributed by atoms with Crippen molar-refractivity contribution < 1.29 is 4.79 Å². The van der Waals surface area contributed by atoms with E-state index in [2.05, 4.69) is 43.3 Å². The Morgan fingerprint density at radius 1 is 1.44 bits per heavy atom. The van der Waals surface area contributed by atoms with Crippen LogP contribution in [0.2, 0.25) is 0 Å². The third kappa shape index (κ3) is 3.00. The van der Waals surface area contributed by atoms with Crippen LogP contribution in [0.25, 0.3) is 0 Å². The molecule has 1 heterocycles. The summed E-state index contributed by atoms with van der Waals surface area (Å²) in [5.41, 5.74) is -0.0590. The van der Waals surface area contributed by atoms with Crippen LogP contribution in [0.4, 0.5) is 5.82 Å². The van der Waals surface area contributed by atoms with Gasteiger partial charge < -0.3 is 5.32 Å². The number of nitrogens with zero attached hydrogens (tertiary/aromatic N) is 2. The maximum absolute atomic E-state index is 12.0. The van der Waals surface area contributed by atoms with Crippen LogP contribution in [0.5, 0.6) is 0 Å². The van der Waals surface area contributed by atoms with E-state index in [4.69, 9.17) is 0 Å². The second-order valence-electron chi connectivity index (χ2n) is 5.79. The van der Waals surface area contributed by atoms with Gasteiger partial charge in [-0.3, -0.25) is 9.48 Å². The van der Waals surface area contributed by atoms with Gasteiger partial charge in [0.25, 0.3) is 0 Å². The molecule has 0 unspecified atom stereocenters. The summed E-state index contributed by atoms with van der Waals surface area (Å²) in [4.78, 5) is 12.0. The van der Waals surface area contributed by atoms with Gasteiger partial charge in [-0.1, -0.05) is 12.2 Å². The van der Waals surface area contributed by atoms with E-state index in [1.807, 2.05) is 16.9 Å². The van der Waals surface area contributed by atoms with Crippen molar-refractivity contribution in [2.24, 2.45) is 5.92 Å². The van der Waals surface area contributed by atoms with Crippen LogP contribution in [-0.4, -0.2) is 15.7 Å². The lowest BCUT2D eigenvalue weighted by Crippen LogP contribution is -2.25. The minimum Gasteiger partial charge on any atom is -0.309 e. The smallest absolute Gasteiger partial charge is 0.229 e. The van der Waals surface area contributed by atoms with Crippen molar-refractivity contribution >= 4 is 11.7 Å². The zero-order valence-electron chi connectivity index (χ0n) is 11.3. The molecule has 4 heteroatoms. The number of hydrogen-bond acceptors (Lipinski definition) is 2. The monoisotopic (exact) mass is 247 g/mol. The van der Waals surface area contributed by atoms with Gasteiger partial charge in [-0.05, 0) is 40.0 Å². The molecule has 0 fully saturated rings. The fraction of sp³-hybridized carbons (Fsp3) is 0.571. The third-order valence-electron chi connectivity index (χ3n) is 3.17. The van der Waals surface area contributed by atoms with Crippen molar-refractivity contribution in [1.29, 1.82) is 0 Å². The average Bonchev–Trinajstić information content (AvgIpc) is 2.78. The molecule has 0 aromatic carbocycles. The maximum atomic E-state index is 12.0. The van der Waals surface area contributed by atoms with Crippen molar-refractivity contribution in [1.82, 2.24) is 9.78 Å². The van der Waals surface area contributed by atoms with Crippen LogP contribution in [0.15, 0.2) is 24.4 Å². The molecule has 4 nitrogen and oxygen atoms in total. The Kier molecular flexibility index (Phi) is 3.55. The lowest BCUT2D eigenvalue weighted by Gasteiger charge is -2.19. The van der Waals surface area contributed by atoms with Crippen molar-refractivity contribution in [2.75, 3.05) is 5.32 Å². The number of amides is 1. The molecule has 1 aromatic rings. The molecule has 0 radical (unpaired) electrons. The topological polar surface area (TPSA) is 46.9 Å². The quantitative estimate of drug-likeness (QED) is 0.817. The molecular weight excluding hydrogens is 226 g/mol. The van der Waals surface area contributed by atoms with Crippen LogP contribution < -0.4 is 5.32 Å². The summed E-state index contributed by atoms with van der Waals surface area (Å²) in [6.45, 7) is 6.24. The first-order chi connectivity index (χ1) is 8.47. The molecular formula is C14H21N3O. The Labute approximate surface area is 108 Å². The van der Waals surface area contributed by atoms with Gasteiger partial charge >= 0.3 is 0 Å². The first kappa shape index (κ1) is 12.9. The summed E-state index contributed by atoms with van der Waals surface area (Å²) >= 11 is 0. The highest BCUT2D eigenvalue weighted by atomic mass is 16.2. The predicted octanol–water partition coefficient (Wildman–Crippen LogP) is 2.93. The van der Waals surface area contributed by atoms with Crippen LogP contribution >= 0.6 is 0 Å². The number of carbonyl (C=O) groups excluding carboxylic acids is 1. The van der Waals surface area contributed by atoms with E-state index >= 15 is 0 Å². The fourth-order valence-electron chi connectivity index (χ4n) is 2.02. The maximum Gasteiger partial charge on any atom is 0.229 e. The van der Waals surface area contributed by atoms with Gasteiger partial charge in [-0.15, -0.1) is 0 Å². The summed E-state index contributed by atoms with van der Waals surface area (Å²) in [6.07, 6.45) is 8.89. The van der Waals surface area contributed by atoms with Crippen molar-refractivity contribution in [2.45, 2.75) is 45.6 Å². The SMILES string of the molecule is CC(C)(C)n1ccc(NC(=O)[C@H]2CC=CCC2)n1. The van der Waals surface area contributed by atoms with Crippen molar-refractivity contribution in [3.05, 3.63) is 24.4 Å². The van der Waals surface area contributed by atoms with E-state index in [1.54, 1.807) is 0 Å². The summed E-state index contributed by atoms with van der Waals surface area (Å²) in [5.74, 6) is 0.817. The largest absolute Gasteiger partial charge is 0.309 e. The highest BCUT2D eigenvalue weighted by Crippen LogP contribution is 2.20. The molecule has 0 aliphatic heterocycles. The molecule has 0 bridgehead atoms. The molecule has 1 atom stereocenters. The average molecular weight is 247 g/mol. The zero-order valence-corrected chi connectivity index (χ0v) is 11.3. The zero-order chi connectivity index (χ0) is 13.2. The predicted molar refractivity (Wildman–Crippen MR) is 72.3 cm³/mol.